The molecule has 0 aliphatic carbocycles. The zero-order valence-electron chi connectivity index (χ0n) is 22.7. The minimum atomic E-state index is -0.853. The molecule has 0 saturated carbocycles. The van der Waals surface area contributed by atoms with Gasteiger partial charge in [0, 0.05) is 13.0 Å². The summed E-state index contributed by atoms with van der Waals surface area (Å²) in [6.45, 7) is 5.78. The summed E-state index contributed by atoms with van der Waals surface area (Å²) in [5.41, 5.74) is 10.8. The van der Waals surface area contributed by atoms with E-state index in [1.54, 1.807) is 11.6 Å². The van der Waals surface area contributed by atoms with Gasteiger partial charge < -0.3 is 10.2 Å². The number of benzene rings is 4. The molecule has 5 rings (SSSR count). The van der Waals surface area contributed by atoms with Crippen LogP contribution in [0.15, 0.2) is 78.9 Å². The molecule has 5 aromatic rings. The van der Waals surface area contributed by atoms with E-state index in [4.69, 9.17) is 0 Å². The topological polar surface area (TPSA) is 88.2 Å². The Morgan fingerprint density at radius 3 is 2.41 bits per heavy atom. The van der Waals surface area contributed by atoms with E-state index in [0.717, 1.165) is 61.1 Å². The molecule has 6 nitrogen and oxygen atoms in total. The van der Waals surface area contributed by atoms with Crippen LogP contribution in [0.1, 0.15) is 51.8 Å². The van der Waals surface area contributed by atoms with Crippen LogP contribution in [0.4, 0.5) is 0 Å². The van der Waals surface area contributed by atoms with Gasteiger partial charge in [-0.1, -0.05) is 84.9 Å². The van der Waals surface area contributed by atoms with Gasteiger partial charge in [0.1, 0.15) is 5.52 Å². The third kappa shape index (κ3) is 4.95. The summed E-state index contributed by atoms with van der Waals surface area (Å²) in [5.74, 6) is -1.94. The van der Waals surface area contributed by atoms with Crippen molar-refractivity contribution in [3.63, 3.8) is 0 Å². The van der Waals surface area contributed by atoms with Crippen molar-refractivity contribution in [3.05, 3.63) is 118 Å². The molecular weight excluding hydrogens is 486 g/mol. The number of aliphatic carboxylic acids is 1. The van der Waals surface area contributed by atoms with Crippen LogP contribution in [-0.4, -0.2) is 31.2 Å². The molecule has 1 heterocycles. The second kappa shape index (κ2) is 10.8. The minimum Gasteiger partial charge on any atom is -0.481 e. The summed E-state index contributed by atoms with van der Waals surface area (Å²) in [7, 11) is 1.86. The van der Waals surface area contributed by atoms with Crippen LogP contribution in [0.2, 0.25) is 0 Å². The van der Waals surface area contributed by atoms with Crippen molar-refractivity contribution >= 4 is 17.0 Å². The highest BCUT2D eigenvalue weighted by Crippen LogP contribution is 2.42. The summed E-state index contributed by atoms with van der Waals surface area (Å²) in [5, 5.41) is 28.7. The van der Waals surface area contributed by atoms with E-state index in [1.165, 1.54) is 0 Å². The number of aliphatic hydroxyl groups excluding tert-OH is 1. The van der Waals surface area contributed by atoms with Gasteiger partial charge in [-0.3, -0.25) is 4.79 Å². The van der Waals surface area contributed by atoms with Crippen molar-refractivity contribution in [2.24, 2.45) is 13.0 Å². The van der Waals surface area contributed by atoms with Crippen molar-refractivity contribution in [2.45, 2.75) is 39.7 Å². The van der Waals surface area contributed by atoms with Crippen LogP contribution < -0.4 is 0 Å². The Morgan fingerprint density at radius 1 is 0.923 bits per heavy atom. The lowest BCUT2D eigenvalue weighted by Crippen LogP contribution is -2.22. The average molecular weight is 520 g/mol. The lowest BCUT2D eigenvalue weighted by Gasteiger charge is -2.28. The van der Waals surface area contributed by atoms with Crippen LogP contribution in [0.5, 0.6) is 0 Å². The smallest absolute Gasteiger partial charge is 0.307 e. The minimum absolute atomic E-state index is 0.00636. The third-order valence-corrected chi connectivity index (χ3v) is 7.86. The molecule has 4 aromatic carbocycles. The number of aryl methyl sites for hydroxylation is 3. The maximum atomic E-state index is 12.5. The molecule has 1 aromatic heterocycles. The SMILES string of the molecule is Cc1ccc(Cc2cccc(C(c3ccc4c(nnn4C)c3C)C(C)C(=O)O)c2-c2ccccc2)cc1CO. The molecule has 0 spiro atoms. The molecule has 0 radical (unpaired) electrons. The first kappa shape index (κ1) is 26.3. The highest BCUT2D eigenvalue weighted by molar-refractivity contribution is 5.82. The monoisotopic (exact) mass is 519 g/mol. The van der Waals surface area contributed by atoms with E-state index >= 15 is 0 Å². The molecule has 2 unspecified atom stereocenters. The van der Waals surface area contributed by atoms with Gasteiger partial charge in [-0.25, -0.2) is 4.68 Å². The first-order valence-corrected chi connectivity index (χ1v) is 13.2. The van der Waals surface area contributed by atoms with Crippen LogP contribution >= 0.6 is 0 Å². The van der Waals surface area contributed by atoms with Crippen molar-refractivity contribution in [2.75, 3.05) is 0 Å². The first-order chi connectivity index (χ1) is 18.8. The fraction of sp³-hybridized carbons (Fsp3) is 0.242. The molecule has 2 atom stereocenters. The molecule has 0 aliphatic heterocycles. The zero-order chi connectivity index (χ0) is 27.7. The Kier molecular flexibility index (Phi) is 7.31. The molecule has 2 N–H and O–H groups in total. The number of fused-ring (bicyclic) bond motifs is 1. The van der Waals surface area contributed by atoms with E-state index < -0.39 is 17.8 Å². The van der Waals surface area contributed by atoms with E-state index in [9.17, 15) is 15.0 Å². The Labute approximate surface area is 228 Å². The molecule has 39 heavy (non-hydrogen) atoms. The number of rotatable bonds is 8. The molecule has 0 saturated heterocycles. The number of nitrogens with zero attached hydrogens (tertiary/aromatic N) is 3. The van der Waals surface area contributed by atoms with Gasteiger partial charge in [0.25, 0.3) is 0 Å². The standard InChI is InChI=1S/C33H33N3O3/c1-20-13-14-23(18-26(20)19-37)17-25-11-8-12-28(31(25)24-9-6-5-7-10-24)30(22(3)33(38)39)27-15-16-29-32(21(27)2)34-35-36(29)4/h5-16,18,22,30,37H,17,19H2,1-4H3,(H,38,39). The van der Waals surface area contributed by atoms with E-state index in [-0.39, 0.29) is 6.61 Å². The van der Waals surface area contributed by atoms with E-state index in [0.29, 0.717) is 6.42 Å². The lowest BCUT2D eigenvalue weighted by molar-refractivity contribution is -0.141. The van der Waals surface area contributed by atoms with E-state index in [2.05, 4.69) is 46.7 Å². The van der Waals surface area contributed by atoms with Crippen molar-refractivity contribution in [1.29, 1.82) is 0 Å². The van der Waals surface area contributed by atoms with Gasteiger partial charge in [-0.15, -0.1) is 5.10 Å². The second-order valence-electron chi connectivity index (χ2n) is 10.3. The van der Waals surface area contributed by atoms with Gasteiger partial charge in [-0.05, 0) is 76.4 Å². The van der Waals surface area contributed by atoms with Gasteiger partial charge in [0.15, 0.2) is 0 Å². The van der Waals surface area contributed by atoms with Gasteiger partial charge >= 0.3 is 5.97 Å². The Bertz CT molecular complexity index is 1660. The van der Waals surface area contributed by atoms with Gasteiger partial charge in [-0.2, -0.15) is 0 Å². The fourth-order valence-corrected chi connectivity index (χ4v) is 5.64. The normalized spacial score (nSPS) is 12.9. The Hall–Kier alpha value is -4.29. The summed E-state index contributed by atoms with van der Waals surface area (Å²) in [4.78, 5) is 12.5. The van der Waals surface area contributed by atoms with Crippen molar-refractivity contribution < 1.29 is 15.0 Å². The highest BCUT2D eigenvalue weighted by atomic mass is 16.4. The van der Waals surface area contributed by atoms with Gasteiger partial charge in [0.05, 0.1) is 18.0 Å². The van der Waals surface area contributed by atoms with Crippen molar-refractivity contribution in [1.82, 2.24) is 15.0 Å². The predicted molar refractivity (Wildman–Crippen MR) is 154 cm³/mol. The van der Waals surface area contributed by atoms with Crippen LogP contribution in [-0.2, 0) is 24.9 Å². The fourth-order valence-electron chi connectivity index (χ4n) is 5.64. The molecule has 0 aliphatic rings. The number of aliphatic hydroxyl groups is 1. The number of carboxylic acids is 1. The molecule has 0 amide bonds. The molecule has 0 bridgehead atoms. The maximum Gasteiger partial charge on any atom is 0.307 e. The van der Waals surface area contributed by atoms with Crippen LogP contribution in [0, 0.1) is 19.8 Å². The number of hydrogen-bond donors (Lipinski definition) is 2. The highest BCUT2D eigenvalue weighted by Gasteiger charge is 2.32. The zero-order valence-corrected chi connectivity index (χ0v) is 22.7. The summed E-state index contributed by atoms with van der Waals surface area (Å²) in [6, 6.07) is 26.6. The quantitative estimate of drug-likeness (QED) is 0.255. The first-order valence-electron chi connectivity index (χ1n) is 13.2. The number of carboxylic acid groups (broad SMARTS) is 1. The number of carbonyl (C=O) groups is 1. The predicted octanol–water partition coefficient (Wildman–Crippen LogP) is 6.19. The summed E-state index contributed by atoms with van der Waals surface area (Å²) in [6.07, 6.45) is 0.654. The molecule has 0 fully saturated rings. The summed E-state index contributed by atoms with van der Waals surface area (Å²) >= 11 is 0. The van der Waals surface area contributed by atoms with Gasteiger partial charge in [0.2, 0.25) is 0 Å². The van der Waals surface area contributed by atoms with Crippen molar-refractivity contribution in [3.8, 4) is 11.1 Å². The largest absolute Gasteiger partial charge is 0.481 e. The Morgan fingerprint density at radius 2 is 1.69 bits per heavy atom. The molecule has 6 heteroatoms. The Balaban J connectivity index is 1.75. The lowest BCUT2D eigenvalue weighted by atomic mass is 9.75. The molecule has 198 valence electrons. The number of hydrogen-bond acceptors (Lipinski definition) is 4. The summed E-state index contributed by atoms with van der Waals surface area (Å²) < 4.78 is 1.74. The van der Waals surface area contributed by atoms with Crippen LogP contribution in [0.25, 0.3) is 22.2 Å². The molecular formula is C33H33N3O3. The van der Waals surface area contributed by atoms with E-state index in [1.807, 2.05) is 63.4 Å². The maximum absolute atomic E-state index is 12.5. The van der Waals surface area contributed by atoms with Crippen LogP contribution in [0.3, 0.4) is 0 Å². The average Bonchev–Trinajstić information content (AvgIpc) is 3.32. The second-order valence-corrected chi connectivity index (χ2v) is 10.3. The third-order valence-electron chi connectivity index (χ3n) is 7.86. The number of aromatic nitrogens is 3.